The molecule has 0 fully saturated rings. The summed E-state index contributed by atoms with van der Waals surface area (Å²) < 4.78 is 5.40. The Morgan fingerprint density at radius 3 is 1.18 bits per heavy atom. The Kier molecular flexibility index (Phi) is 30.0. The third-order valence-electron chi connectivity index (χ3n) is 7.05. The van der Waals surface area contributed by atoms with E-state index < -0.39 is 0 Å². The summed E-state index contributed by atoms with van der Waals surface area (Å²) in [5, 5.41) is 8.76. The van der Waals surface area contributed by atoms with E-state index in [1.807, 2.05) is 0 Å². The monoisotopic (exact) mass is 482 g/mol. The third-order valence-corrected chi connectivity index (χ3v) is 7.05. The van der Waals surface area contributed by atoms with Crippen molar-refractivity contribution in [2.75, 3.05) is 13.2 Å². The first-order valence-electron chi connectivity index (χ1n) is 15.6. The fourth-order valence-corrected chi connectivity index (χ4v) is 4.70. The molecular formula is C31H62O3. The minimum absolute atomic E-state index is 0.0134. The first kappa shape index (κ1) is 33.4. The largest absolute Gasteiger partial charge is 0.466 e. The molecule has 0 rings (SSSR count). The summed E-state index contributed by atoms with van der Waals surface area (Å²) in [5.74, 6) is 0.0134. The lowest BCUT2D eigenvalue weighted by atomic mass is 10.0. The number of hydrogen-bond acceptors (Lipinski definition) is 3. The number of esters is 1. The fourth-order valence-electron chi connectivity index (χ4n) is 4.70. The highest BCUT2D eigenvalue weighted by molar-refractivity contribution is 5.69. The molecule has 0 aliphatic rings. The highest BCUT2D eigenvalue weighted by Gasteiger charge is 2.02. The Morgan fingerprint density at radius 1 is 0.471 bits per heavy atom. The van der Waals surface area contributed by atoms with Crippen LogP contribution in [0, 0.1) is 0 Å². The smallest absolute Gasteiger partial charge is 0.305 e. The first-order valence-corrected chi connectivity index (χ1v) is 15.6. The predicted molar refractivity (Wildman–Crippen MR) is 148 cm³/mol. The van der Waals surface area contributed by atoms with Crippen molar-refractivity contribution in [3.63, 3.8) is 0 Å². The van der Waals surface area contributed by atoms with Gasteiger partial charge in [-0.25, -0.2) is 0 Å². The van der Waals surface area contributed by atoms with Crippen LogP contribution in [0.5, 0.6) is 0 Å². The van der Waals surface area contributed by atoms with E-state index in [1.165, 1.54) is 148 Å². The van der Waals surface area contributed by atoms with Gasteiger partial charge in [-0.05, 0) is 19.3 Å². The Bertz CT molecular complexity index is 383. The number of rotatable bonds is 29. The Hall–Kier alpha value is -0.570. The SMILES string of the molecule is CCCCCCCCCCCCCCCC(=O)OCCCCCCCCCCCCCCCO. The maximum Gasteiger partial charge on any atom is 0.305 e. The highest BCUT2D eigenvalue weighted by atomic mass is 16.5. The molecule has 3 heteroatoms. The molecule has 0 amide bonds. The number of hydrogen-bond donors (Lipinski definition) is 1. The standard InChI is InChI=1S/C31H62O3/c1-2-3-4-5-6-7-8-10-13-16-19-22-25-28-31(33)34-30-27-24-21-18-15-12-9-11-14-17-20-23-26-29-32/h32H,2-30H2,1H3. The van der Waals surface area contributed by atoms with Gasteiger partial charge < -0.3 is 9.84 Å². The molecule has 0 unspecified atom stereocenters. The number of carbonyl (C=O) groups excluding carboxylic acids is 1. The van der Waals surface area contributed by atoms with Crippen LogP contribution in [-0.4, -0.2) is 24.3 Å². The van der Waals surface area contributed by atoms with Crippen LogP contribution in [0.1, 0.15) is 180 Å². The molecule has 34 heavy (non-hydrogen) atoms. The molecular weight excluding hydrogens is 420 g/mol. The van der Waals surface area contributed by atoms with Crippen molar-refractivity contribution in [3.8, 4) is 0 Å². The molecule has 0 radical (unpaired) electrons. The minimum atomic E-state index is 0.0134. The van der Waals surface area contributed by atoms with E-state index in [0.717, 1.165) is 19.3 Å². The van der Waals surface area contributed by atoms with Gasteiger partial charge in [-0.3, -0.25) is 4.79 Å². The van der Waals surface area contributed by atoms with Gasteiger partial charge in [-0.15, -0.1) is 0 Å². The number of aliphatic hydroxyl groups excluding tert-OH is 1. The summed E-state index contributed by atoms with van der Waals surface area (Å²) in [6, 6.07) is 0. The van der Waals surface area contributed by atoms with Crippen LogP contribution in [0.25, 0.3) is 0 Å². The predicted octanol–water partition coefficient (Wildman–Crippen LogP) is 10.1. The molecule has 0 aliphatic heterocycles. The third kappa shape index (κ3) is 29.5. The minimum Gasteiger partial charge on any atom is -0.466 e. The summed E-state index contributed by atoms with van der Waals surface area (Å²) in [6.07, 6.45) is 34.4. The molecule has 0 atom stereocenters. The lowest BCUT2D eigenvalue weighted by Gasteiger charge is -2.06. The van der Waals surface area contributed by atoms with Gasteiger partial charge in [-0.2, -0.15) is 0 Å². The van der Waals surface area contributed by atoms with E-state index in [-0.39, 0.29) is 5.97 Å². The normalized spacial score (nSPS) is 11.2. The summed E-state index contributed by atoms with van der Waals surface area (Å²) in [6.45, 7) is 3.25. The van der Waals surface area contributed by atoms with Crippen molar-refractivity contribution < 1.29 is 14.6 Å². The van der Waals surface area contributed by atoms with Gasteiger partial charge in [0.25, 0.3) is 0 Å². The fraction of sp³-hybridized carbons (Fsp3) is 0.968. The van der Waals surface area contributed by atoms with Gasteiger partial charge >= 0.3 is 5.97 Å². The molecule has 0 aromatic carbocycles. The van der Waals surface area contributed by atoms with Crippen molar-refractivity contribution in [1.82, 2.24) is 0 Å². The van der Waals surface area contributed by atoms with E-state index >= 15 is 0 Å². The second kappa shape index (κ2) is 30.5. The number of aliphatic hydroxyl groups is 1. The van der Waals surface area contributed by atoms with Crippen molar-refractivity contribution in [3.05, 3.63) is 0 Å². The average Bonchev–Trinajstić information content (AvgIpc) is 2.84. The van der Waals surface area contributed by atoms with Crippen LogP contribution in [-0.2, 0) is 9.53 Å². The van der Waals surface area contributed by atoms with E-state index in [1.54, 1.807) is 0 Å². The van der Waals surface area contributed by atoms with Gasteiger partial charge in [0, 0.05) is 13.0 Å². The molecule has 0 aliphatic carbocycles. The van der Waals surface area contributed by atoms with Crippen molar-refractivity contribution in [2.45, 2.75) is 180 Å². The summed E-state index contributed by atoms with van der Waals surface area (Å²) >= 11 is 0. The lowest BCUT2D eigenvalue weighted by molar-refractivity contribution is -0.143. The zero-order chi connectivity index (χ0) is 24.8. The van der Waals surface area contributed by atoms with Gasteiger partial charge in [-0.1, -0.05) is 155 Å². The van der Waals surface area contributed by atoms with Crippen LogP contribution in [0.2, 0.25) is 0 Å². The molecule has 0 saturated carbocycles. The molecule has 0 heterocycles. The van der Waals surface area contributed by atoms with Crippen molar-refractivity contribution >= 4 is 5.97 Å². The van der Waals surface area contributed by atoms with Gasteiger partial charge in [0.1, 0.15) is 0 Å². The maximum atomic E-state index is 11.8. The molecule has 0 bridgehead atoms. The molecule has 0 spiro atoms. The maximum absolute atomic E-state index is 11.8. The van der Waals surface area contributed by atoms with Crippen LogP contribution in [0.3, 0.4) is 0 Å². The van der Waals surface area contributed by atoms with Crippen LogP contribution in [0.15, 0.2) is 0 Å². The van der Waals surface area contributed by atoms with Gasteiger partial charge in [0.15, 0.2) is 0 Å². The van der Waals surface area contributed by atoms with Crippen LogP contribution >= 0.6 is 0 Å². The highest BCUT2D eigenvalue weighted by Crippen LogP contribution is 2.14. The Morgan fingerprint density at radius 2 is 0.794 bits per heavy atom. The zero-order valence-corrected chi connectivity index (χ0v) is 23.3. The zero-order valence-electron chi connectivity index (χ0n) is 23.3. The second-order valence-corrected chi connectivity index (χ2v) is 10.5. The summed E-state index contributed by atoms with van der Waals surface area (Å²) in [7, 11) is 0. The van der Waals surface area contributed by atoms with Crippen LogP contribution in [0.4, 0.5) is 0 Å². The van der Waals surface area contributed by atoms with E-state index in [0.29, 0.717) is 19.6 Å². The molecule has 0 aromatic heterocycles. The van der Waals surface area contributed by atoms with E-state index in [4.69, 9.17) is 9.84 Å². The number of carbonyl (C=O) groups is 1. The number of ether oxygens (including phenoxy) is 1. The average molecular weight is 483 g/mol. The van der Waals surface area contributed by atoms with Gasteiger partial charge in [0.05, 0.1) is 6.61 Å². The second-order valence-electron chi connectivity index (χ2n) is 10.5. The molecule has 1 N–H and O–H groups in total. The summed E-state index contributed by atoms with van der Waals surface area (Å²) in [4.78, 5) is 11.8. The number of unbranched alkanes of at least 4 members (excludes halogenated alkanes) is 24. The lowest BCUT2D eigenvalue weighted by Crippen LogP contribution is -2.05. The molecule has 3 nitrogen and oxygen atoms in total. The quantitative estimate of drug-likeness (QED) is 0.0851. The van der Waals surface area contributed by atoms with E-state index in [9.17, 15) is 4.79 Å². The Balaban J connectivity index is 3.14. The van der Waals surface area contributed by atoms with Gasteiger partial charge in [0.2, 0.25) is 0 Å². The Labute approximate surface area is 214 Å². The summed E-state index contributed by atoms with van der Waals surface area (Å²) in [5.41, 5.74) is 0. The van der Waals surface area contributed by atoms with Crippen molar-refractivity contribution in [1.29, 1.82) is 0 Å². The topological polar surface area (TPSA) is 46.5 Å². The van der Waals surface area contributed by atoms with Crippen LogP contribution < -0.4 is 0 Å². The first-order chi connectivity index (χ1) is 16.8. The molecule has 0 saturated heterocycles. The molecule has 204 valence electrons. The van der Waals surface area contributed by atoms with E-state index in [2.05, 4.69) is 6.92 Å². The van der Waals surface area contributed by atoms with Crippen molar-refractivity contribution in [2.24, 2.45) is 0 Å². The molecule has 0 aromatic rings.